The largest absolute Gasteiger partial charge is 0.416 e. The van der Waals surface area contributed by atoms with E-state index in [-0.39, 0.29) is 17.9 Å². The van der Waals surface area contributed by atoms with Gasteiger partial charge in [0.1, 0.15) is 5.82 Å². The summed E-state index contributed by atoms with van der Waals surface area (Å²) in [5.41, 5.74) is 7.91. The fourth-order valence-corrected chi connectivity index (χ4v) is 3.48. The van der Waals surface area contributed by atoms with Crippen molar-refractivity contribution in [3.8, 4) is 0 Å². The van der Waals surface area contributed by atoms with E-state index in [1.54, 1.807) is 34.9 Å². The molecule has 0 amide bonds. The van der Waals surface area contributed by atoms with Crippen LogP contribution in [0.5, 0.6) is 0 Å². The van der Waals surface area contributed by atoms with Crippen molar-refractivity contribution in [2.24, 2.45) is 5.11 Å². The molecule has 0 saturated heterocycles. The second kappa shape index (κ2) is 6.80. The van der Waals surface area contributed by atoms with Gasteiger partial charge in [0, 0.05) is 32.9 Å². The lowest BCUT2D eigenvalue weighted by Gasteiger charge is -2.12. The summed E-state index contributed by atoms with van der Waals surface area (Å²) < 4.78 is 55.3. The number of para-hydroxylation sites is 1. The van der Waals surface area contributed by atoms with Crippen molar-refractivity contribution in [1.82, 2.24) is 4.57 Å². The Morgan fingerprint density at radius 3 is 2.38 bits per heavy atom. The van der Waals surface area contributed by atoms with Crippen molar-refractivity contribution in [1.29, 1.82) is 10.9 Å². The predicted octanol–water partition coefficient (Wildman–Crippen LogP) is 6.36. The number of halogens is 4. The molecule has 29 heavy (non-hydrogen) atoms. The number of fused-ring (bicyclic) bond motifs is 3. The Kier molecular flexibility index (Phi) is 4.41. The normalized spacial score (nSPS) is 11.9. The summed E-state index contributed by atoms with van der Waals surface area (Å²) in [7, 11) is 0. The Bertz CT molecular complexity index is 1270. The third kappa shape index (κ3) is 3.26. The summed E-state index contributed by atoms with van der Waals surface area (Å²) in [6.07, 6.45) is -4.56. The molecule has 4 rings (SSSR count). The second-order valence-corrected chi connectivity index (χ2v) is 6.60. The highest BCUT2D eigenvalue weighted by Gasteiger charge is 2.31. The van der Waals surface area contributed by atoms with Crippen LogP contribution in [0.1, 0.15) is 16.7 Å². The van der Waals surface area contributed by atoms with E-state index in [2.05, 4.69) is 5.11 Å². The first-order chi connectivity index (χ1) is 13.8. The van der Waals surface area contributed by atoms with Gasteiger partial charge in [-0.2, -0.15) is 13.2 Å². The molecule has 146 valence electrons. The van der Waals surface area contributed by atoms with Gasteiger partial charge >= 0.3 is 6.18 Å². The lowest BCUT2D eigenvalue weighted by Crippen LogP contribution is -2.08. The quantitative estimate of drug-likeness (QED) is 0.175. The molecule has 3 aromatic carbocycles. The lowest BCUT2D eigenvalue weighted by atomic mass is 10.1. The van der Waals surface area contributed by atoms with Crippen LogP contribution < -0.4 is 0 Å². The maximum absolute atomic E-state index is 14.3. The smallest absolute Gasteiger partial charge is 0.336 e. The van der Waals surface area contributed by atoms with Gasteiger partial charge < -0.3 is 4.57 Å². The summed E-state index contributed by atoms with van der Waals surface area (Å²) in [5, 5.41) is 12.4. The molecule has 0 fully saturated rings. The highest BCUT2D eigenvalue weighted by molar-refractivity contribution is 6.11. The topological polar surface area (TPSA) is 65.0 Å². The zero-order chi connectivity index (χ0) is 20.8. The number of hydrogen-bond donors (Lipinski definition) is 2. The number of rotatable bonds is 3. The summed E-state index contributed by atoms with van der Waals surface area (Å²) in [6, 6.07) is 14.7. The molecule has 0 unspecified atom stereocenters. The first kappa shape index (κ1) is 18.8. The molecule has 1 aromatic heterocycles. The van der Waals surface area contributed by atoms with Gasteiger partial charge in [0.25, 0.3) is 0 Å². The van der Waals surface area contributed by atoms with Crippen LogP contribution in [-0.2, 0) is 12.7 Å². The molecule has 0 saturated carbocycles. The van der Waals surface area contributed by atoms with E-state index in [0.29, 0.717) is 11.1 Å². The van der Waals surface area contributed by atoms with Gasteiger partial charge in [-0.05, 0) is 42.5 Å². The van der Waals surface area contributed by atoms with Crippen molar-refractivity contribution in [2.75, 3.05) is 0 Å². The van der Waals surface area contributed by atoms with Crippen LogP contribution in [0.2, 0.25) is 0 Å². The van der Waals surface area contributed by atoms with Gasteiger partial charge in [-0.1, -0.05) is 18.2 Å². The van der Waals surface area contributed by atoms with Crippen LogP contribution in [0.3, 0.4) is 0 Å². The Morgan fingerprint density at radius 1 is 0.931 bits per heavy atom. The predicted molar refractivity (Wildman–Crippen MR) is 102 cm³/mol. The van der Waals surface area contributed by atoms with E-state index in [1.165, 1.54) is 0 Å². The van der Waals surface area contributed by atoms with E-state index < -0.39 is 17.6 Å². The number of nitrogens with zero attached hydrogens (tertiary/aromatic N) is 2. The monoisotopic (exact) mass is 398 g/mol. The minimum absolute atomic E-state index is 0.0690. The van der Waals surface area contributed by atoms with Crippen molar-refractivity contribution in [3.63, 3.8) is 0 Å². The van der Waals surface area contributed by atoms with Gasteiger partial charge in [0.2, 0.25) is 0 Å². The van der Waals surface area contributed by atoms with Crippen LogP contribution in [0.4, 0.5) is 17.6 Å². The molecule has 4 aromatic rings. The number of hydrogen-bond acceptors (Lipinski definition) is 2. The van der Waals surface area contributed by atoms with Gasteiger partial charge in [0.05, 0.1) is 12.1 Å². The summed E-state index contributed by atoms with van der Waals surface area (Å²) in [4.78, 5) is 0. The molecule has 2 N–H and O–H groups in total. The number of alkyl halides is 3. The summed E-state index contributed by atoms with van der Waals surface area (Å²) >= 11 is 0. The standard InChI is InChI=1S/C21H14F4N4/c22-17-7-6-14(21(23,24)25)9-13(17)11-29-18-4-2-1-3-15(18)16-10-12(20(26)28-27)5-8-19(16)29/h1-10,26-27H,11H2. The molecule has 0 aliphatic heterocycles. The first-order valence-electron chi connectivity index (χ1n) is 8.62. The van der Waals surface area contributed by atoms with Crippen LogP contribution in [0, 0.1) is 16.8 Å². The molecule has 4 nitrogen and oxygen atoms in total. The fraction of sp³-hybridized carbons (Fsp3) is 0.0952. The van der Waals surface area contributed by atoms with Crippen LogP contribution in [0.25, 0.3) is 21.8 Å². The van der Waals surface area contributed by atoms with Crippen molar-refractivity contribution in [2.45, 2.75) is 12.7 Å². The average molecular weight is 398 g/mol. The summed E-state index contributed by atoms with van der Waals surface area (Å²) in [6.45, 7) is -0.0839. The van der Waals surface area contributed by atoms with Gasteiger partial charge in [-0.3, -0.25) is 5.41 Å². The fourth-order valence-electron chi connectivity index (χ4n) is 3.48. The SMILES string of the molecule is N=NC(=N)c1ccc2c(c1)c1ccccc1n2Cc1cc(C(F)(F)F)ccc1F. The number of nitrogens with one attached hydrogen (secondary N) is 2. The highest BCUT2D eigenvalue weighted by atomic mass is 19.4. The van der Waals surface area contributed by atoms with E-state index >= 15 is 0 Å². The molecule has 0 aliphatic rings. The first-order valence-corrected chi connectivity index (χ1v) is 8.62. The van der Waals surface area contributed by atoms with Crippen molar-refractivity contribution >= 4 is 27.6 Å². The average Bonchev–Trinajstić information content (AvgIpc) is 3.01. The Labute approximate surface area is 162 Å². The molecule has 0 radical (unpaired) electrons. The minimum Gasteiger partial charge on any atom is -0.336 e. The zero-order valence-electron chi connectivity index (χ0n) is 14.9. The Hall–Kier alpha value is -3.55. The molecule has 0 spiro atoms. The maximum atomic E-state index is 14.3. The zero-order valence-corrected chi connectivity index (χ0v) is 14.9. The minimum atomic E-state index is -4.56. The molecule has 0 atom stereocenters. The number of aromatic nitrogens is 1. The van der Waals surface area contributed by atoms with Gasteiger partial charge in [-0.25, -0.2) is 9.92 Å². The Morgan fingerprint density at radius 2 is 1.66 bits per heavy atom. The molecule has 0 aliphatic carbocycles. The third-order valence-corrected chi connectivity index (χ3v) is 4.86. The third-order valence-electron chi connectivity index (χ3n) is 4.86. The van der Waals surface area contributed by atoms with Gasteiger partial charge in [-0.15, -0.1) is 5.11 Å². The summed E-state index contributed by atoms with van der Waals surface area (Å²) in [5.74, 6) is -0.914. The van der Waals surface area contributed by atoms with Crippen molar-refractivity contribution < 1.29 is 17.6 Å². The van der Waals surface area contributed by atoms with Crippen LogP contribution in [-0.4, -0.2) is 10.4 Å². The molecular formula is C21H14F4N4. The maximum Gasteiger partial charge on any atom is 0.416 e. The van der Waals surface area contributed by atoms with E-state index in [4.69, 9.17) is 10.9 Å². The molecule has 1 heterocycles. The highest BCUT2D eigenvalue weighted by Crippen LogP contribution is 2.33. The number of benzene rings is 3. The van der Waals surface area contributed by atoms with Crippen LogP contribution >= 0.6 is 0 Å². The van der Waals surface area contributed by atoms with Crippen molar-refractivity contribution in [3.05, 3.63) is 83.2 Å². The molecular weight excluding hydrogens is 384 g/mol. The van der Waals surface area contributed by atoms with E-state index in [0.717, 1.165) is 34.5 Å². The number of amidine groups is 1. The second-order valence-electron chi connectivity index (χ2n) is 6.60. The molecule has 0 bridgehead atoms. The Balaban J connectivity index is 1.92. The van der Waals surface area contributed by atoms with E-state index in [9.17, 15) is 17.6 Å². The lowest BCUT2D eigenvalue weighted by molar-refractivity contribution is -0.137. The molecule has 8 heteroatoms. The van der Waals surface area contributed by atoms with E-state index in [1.807, 2.05) is 12.1 Å². The van der Waals surface area contributed by atoms with Gasteiger partial charge in [0.15, 0.2) is 5.84 Å². The van der Waals surface area contributed by atoms with Crippen LogP contribution in [0.15, 0.2) is 65.8 Å².